The van der Waals surface area contributed by atoms with Gasteiger partial charge in [-0.2, -0.15) is 23.1 Å². The molecule has 2 heterocycles. The molecule has 1 aliphatic heterocycles. The molecule has 0 spiro atoms. The van der Waals surface area contributed by atoms with E-state index in [-0.39, 0.29) is 35.7 Å². The van der Waals surface area contributed by atoms with Gasteiger partial charge in [0, 0.05) is 25.7 Å². The third kappa shape index (κ3) is 5.58. The molecule has 12 heteroatoms. The number of phenols is 1. The van der Waals surface area contributed by atoms with E-state index in [9.17, 15) is 23.1 Å². The average molecular weight is 440 g/mol. The lowest BCUT2D eigenvalue weighted by Crippen LogP contribution is -2.33. The molecular formula is C19H23F3N6O3. The number of ether oxygens (including phenoxy) is 1. The van der Waals surface area contributed by atoms with Crippen LogP contribution in [0, 0.1) is 0 Å². The Morgan fingerprint density at radius 3 is 2.71 bits per heavy atom. The smallest absolute Gasteiger partial charge is 0.425 e. The van der Waals surface area contributed by atoms with Crippen molar-refractivity contribution >= 4 is 23.7 Å². The van der Waals surface area contributed by atoms with Gasteiger partial charge < -0.3 is 31.1 Å². The van der Waals surface area contributed by atoms with E-state index in [1.807, 2.05) is 0 Å². The van der Waals surface area contributed by atoms with E-state index in [1.54, 1.807) is 17.0 Å². The number of alkyl halides is 3. The number of anilines is 3. The fraction of sp³-hybridized carbons (Fsp3) is 0.421. The first-order chi connectivity index (χ1) is 14.7. The lowest BCUT2D eigenvalue weighted by atomic mass is 10.2. The number of rotatable bonds is 8. The van der Waals surface area contributed by atoms with Gasteiger partial charge in [0.05, 0.1) is 0 Å². The Hall–Kier alpha value is -3.44. The molecule has 0 aliphatic carbocycles. The predicted molar refractivity (Wildman–Crippen MR) is 108 cm³/mol. The van der Waals surface area contributed by atoms with Crippen LogP contribution >= 0.6 is 0 Å². The number of nitrogens with one attached hydrogen (secondary N) is 2. The van der Waals surface area contributed by atoms with Gasteiger partial charge in [0.15, 0.2) is 17.7 Å². The molecule has 5 N–H and O–H groups in total. The molecule has 2 atom stereocenters. The Balaban J connectivity index is 1.87. The molecule has 2 aromatic rings. The summed E-state index contributed by atoms with van der Waals surface area (Å²) in [7, 11) is 0. The zero-order chi connectivity index (χ0) is 22.6. The van der Waals surface area contributed by atoms with Gasteiger partial charge in [-0.15, -0.1) is 0 Å². The van der Waals surface area contributed by atoms with E-state index in [4.69, 9.17) is 10.5 Å². The van der Waals surface area contributed by atoms with Crippen LogP contribution in [0.2, 0.25) is 0 Å². The van der Waals surface area contributed by atoms with Gasteiger partial charge in [0.1, 0.15) is 11.4 Å². The minimum Gasteiger partial charge on any atom is -0.508 e. The molecule has 0 bridgehead atoms. The number of amides is 1. The first kappa shape index (κ1) is 22.2. The molecule has 9 nitrogen and oxygen atoms in total. The summed E-state index contributed by atoms with van der Waals surface area (Å²) in [6.07, 6.45) is -5.47. The summed E-state index contributed by atoms with van der Waals surface area (Å²) >= 11 is 0. The van der Waals surface area contributed by atoms with Crippen molar-refractivity contribution in [1.82, 2.24) is 15.3 Å². The fourth-order valence-electron chi connectivity index (χ4n) is 3.08. The second kappa shape index (κ2) is 9.14. The van der Waals surface area contributed by atoms with Gasteiger partial charge in [0.2, 0.25) is 6.41 Å². The monoisotopic (exact) mass is 440 g/mol. The Morgan fingerprint density at radius 2 is 2.06 bits per heavy atom. The molecule has 1 amide bonds. The molecule has 0 radical (unpaired) electrons. The van der Waals surface area contributed by atoms with Crippen molar-refractivity contribution in [3.05, 3.63) is 29.8 Å². The number of carbonyl (C=O) groups excluding carboxylic acids is 1. The van der Waals surface area contributed by atoms with E-state index in [1.165, 1.54) is 12.1 Å². The summed E-state index contributed by atoms with van der Waals surface area (Å²) in [5, 5.41) is 15.0. The van der Waals surface area contributed by atoms with Gasteiger partial charge in [-0.25, -0.2) is 0 Å². The lowest BCUT2D eigenvalue weighted by molar-refractivity contribution is -0.190. The topological polar surface area (TPSA) is 126 Å². The maximum absolute atomic E-state index is 13.0. The summed E-state index contributed by atoms with van der Waals surface area (Å²) in [5.74, 6) is 0.453. The van der Waals surface area contributed by atoms with Crippen molar-refractivity contribution in [2.24, 2.45) is 0 Å². The zero-order valence-electron chi connectivity index (χ0n) is 16.7. The maximum atomic E-state index is 13.0. The van der Waals surface area contributed by atoms with E-state index < -0.39 is 18.3 Å². The number of nitrogens with zero attached hydrogens (tertiary/aromatic N) is 3. The Morgan fingerprint density at radius 1 is 1.35 bits per heavy atom. The summed E-state index contributed by atoms with van der Waals surface area (Å²) in [4.78, 5) is 20.6. The Kier molecular flexibility index (Phi) is 6.56. The van der Waals surface area contributed by atoms with E-state index in [2.05, 4.69) is 20.6 Å². The molecule has 1 aliphatic rings. The number of benzene rings is 1. The molecule has 1 aromatic carbocycles. The predicted octanol–water partition coefficient (Wildman–Crippen LogP) is 2.03. The molecule has 1 saturated heterocycles. The van der Waals surface area contributed by atoms with Gasteiger partial charge >= 0.3 is 12.2 Å². The Labute approximate surface area is 176 Å². The maximum Gasteiger partial charge on any atom is 0.425 e. The number of halogens is 3. The highest BCUT2D eigenvalue weighted by atomic mass is 19.4. The number of hydrogen-bond acceptors (Lipinski definition) is 8. The normalized spacial score (nSPS) is 17.3. The zero-order valence-corrected chi connectivity index (χ0v) is 16.7. The number of nitrogen functional groups attached to an aromatic ring is 1. The molecule has 1 aromatic heterocycles. The minimum atomic E-state index is -4.59. The first-order valence-electron chi connectivity index (χ1n) is 9.54. The van der Waals surface area contributed by atoms with Crippen molar-refractivity contribution in [2.45, 2.75) is 38.2 Å². The van der Waals surface area contributed by atoms with Crippen molar-refractivity contribution in [2.75, 3.05) is 29.0 Å². The van der Waals surface area contributed by atoms with Crippen LogP contribution in [-0.2, 0) is 11.3 Å². The van der Waals surface area contributed by atoms with Gasteiger partial charge in [0.25, 0.3) is 0 Å². The summed E-state index contributed by atoms with van der Waals surface area (Å²) < 4.78 is 43.8. The van der Waals surface area contributed by atoms with Crippen LogP contribution in [0.25, 0.3) is 0 Å². The highest BCUT2D eigenvalue weighted by Crippen LogP contribution is 2.33. The molecule has 168 valence electrons. The Bertz CT molecular complexity index is 910. The highest BCUT2D eigenvalue weighted by molar-refractivity contribution is 5.76. The first-order valence-corrected chi connectivity index (χ1v) is 9.54. The van der Waals surface area contributed by atoms with Gasteiger partial charge in [-0.1, -0.05) is 12.1 Å². The third-order valence-corrected chi connectivity index (χ3v) is 4.84. The number of phenolic OH excluding ortho intramolecular Hbond substituents is 1. The van der Waals surface area contributed by atoms with E-state index >= 15 is 0 Å². The van der Waals surface area contributed by atoms with Crippen LogP contribution < -0.4 is 26.0 Å². The molecular weight excluding hydrogens is 417 g/mol. The van der Waals surface area contributed by atoms with E-state index in [0.717, 1.165) is 12.5 Å². The van der Waals surface area contributed by atoms with Crippen molar-refractivity contribution in [3.8, 4) is 11.8 Å². The standard InChI is InChI=1S/C19H23F3N6O3/c1-11(19(20,21)22)31-18-26-16(24-8-12-2-4-14(30)5-3-12)15(23)17(27-18)28-7-6-13(9-28)25-10-29/h2-5,10-11,13,30H,6-9,23H2,1H3,(H,25,29)(H,24,26,27). The van der Waals surface area contributed by atoms with Gasteiger partial charge in [-0.3, -0.25) is 4.79 Å². The number of nitrogens with two attached hydrogens (primary N) is 1. The number of aromatic nitrogens is 2. The molecule has 31 heavy (non-hydrogen) atoms. The van der Waals surface area contributed by atoms with Crippen molar-refractivity contribution < 1.29 is 27.8 Å². The van der Waals surface area contributed by atoms with Crippen molar-refractivity contribution in [1.29, 1.82) is 0 Å². The number of hydrogen-bond donors (Lipinski definition) is 4. The fourth-order valence-corrected chi connectivity index (χ4v) is 3.08. The third-order valence-electron chi connectivity index (χ3n) is 4.84. The van der Waals surface area contributed by atoms with Crippen LogP contribution in [0.3, 0.4) is 0 Å². The largest absolute Gasteiger partial charge is 0.508 e. The highest BCUT2D eigenvalue weighted by Gasteiger charge is 2.39. The second-order valence-corrected chi connectivity index (χ2v) is 7.13. The summed E-state index contributed by atoms with van der Waals surface area (Å²) in [6, 6.07) is 5.79. The van der Waals surface area contributed by atoms with Crippen LogP contribution in [0.5, 0.6) is 11.8 Å². The van der Waals surface area contributed by atoms with Crippen LogP contribution in [0.4, 0.5) is 30.5 Å². The summed E-state index contributed by atoms with van der Waals surface area (Å²) in [5.41, 5.74) is 7.16. The number of carbonyl (C=O) groups is 1. The van der Waals surface area contributed by atoms with E-state index in [0.29, 0.717) is 25.9 Å². The number of aromatic hydroxyl groups is 1. The van der Waals surface area contributed by atoms with Crippen LogP contribution in [-0.4, -0.2) is 52.9 Å². The van der Waals surface area contributed by atoms with Crippen LogP contribution in [0.1, 0.15) is 18.9 Å². The van der Waals surface area contributed by atoms with Gasteiger partial charge in [-0.05, 0) is 31.0 Å². The summed E-state index contributed by atoms with van der Waals surface area (Å²) in [6.45, 7) is 2.01. The van der Waals surface area contributed by atoms with Crippen LogP contribution in [0.15, 0.2) is 24.3 Å². The molecule has 0 saturated carbocycles. The quantitative estimate of drug-likeness (QED) is 0.460. The SMILES string of the molecule is CC(Oc1nc(NCc2ccc(O)cc2)c(N)c(N2CCC(NC=O)C2)n1)C(F)(F)F. The van der Waals surface area contributed by atoms with Crippen molar-refractivity contribution in [3.63, 3.8) is 0 Å². The average Bonchev–Trinajstić information content (AvgIpc) is 3.17. The molecule has 2 unspecified atom stereocenters. The minimum absolute atomic E-state index is 0.108. The lowest BCUT2D eigenvalue weighted by Gasteiger charge is -2.23. The molecule has 1 fully saturated rings. The second-order valence-electron chi connectivity index (χ2n) is 7.13. The molecule has 3 rings (SSSR count).